The Morgan fingerprint density at radius 2 is 1.70 bits per heavy atom. The first-order valence-electron chi connectivity index (χ1n) is 8.64. The second-order valence-corrected chi connectivity index (χ2v) is 6.20. The number of nitrogens with zero attached hydrogens (tertiary/aromatic N) is 1. The van der Waals surface area contributed by atoms with Crippen molar-refractivity contribution in [3.63, 3.8) is 0 Å². The first-order valence-corrected chi connectivity index (χ1v) is 8.64. The van der Waals surface area contributed by atoms with Crippen LogP contribution in [0.25, 0.3) is 0 Å². The van der Waals surface area contributed by atoms with Crippen molar-refractivity contribution in [1.82, 2.24) is 0 Å². The molecule has 0 saturated carbocycles. The summed E-state index contributed by atoms with van der Waals surface area (Å²) in [5, 5.41) is 9.81. The quantitative estimate of drug-likeness (QED) is 0.426. The van der Waals surface area contributed by atoms with Gasteiger partial charge in [-0.3, -0.25) is 9.59 Å². The molecule has 0 aromatic heterocycles. The third kappa shape index (κ3) is 6.21. The number of ether oxygens (including phenoxy) is 2. The zero-order chi connectivity index (χ0) is 17.9. The van der Waals surface area contributed by atoms with Crippen LogP contribution in [0.5, 0.6) is 0 Å². The molecule has 0 aromatic rings. The van der Waals surface area contributed by atoms with Crippen LogP contribution in [-0.2, 0) is 19.1 Å². The van der Waals surface area contributed by atoms with Gasteiger partial charge in [-0.05, 0) is 32.6 Å². The van der Waals surface area contributed by atoms with Crippen molar-refractivity contribution in [2.45, 2.75) is 66.7 Å². The summed E-state index contributed by atoms with van der Waals surface area (Å²) in [6.45, 7) is 9.77. The van der Waals surface area contributed by atoms with Gasteiger partial charge in [0.2, 0.25) is 0 Å². The molecule has 0 saturated heterocycles. The van der Waals surface area contributed by atoms with Crippen LogP contribution in [0.1, 0.15) is 66.7 Å². The average Bonchev–Trinajstić information content (AvgIpc) is 2.49. The number of rotatable bonds is 11. The average molecular weight is 325 g/mol. The Kier molecular flexibility index (Phi) is 10.3. The van der Waals surface area contributed by atoms with E-state index in [0.29, 0.717) is 6.42 Å². The molecule has 23 heavy (non-hydrogen) atoms. The summed E-state index contributed by atoms with van der Waals surface area (Å²) in [5.41, 5.74) is -1.47. The number of hydrogen-bond donors (Lipinski definition) is 0. The van der Waals surface area contributed by atoms with E-state index in [-0.39, 0.29) is 25.6 Å². The third-order valence-electron chi connectivity index (χ3n) is 3.83. The molecule has 0 spiro atoms. The number of unbranched alkanes of at least 4 members (excludes halogenated alkanes) is 2. The molecule has 0 bridgehead atoms. The van der Waals surface area contributed by atoms with Crippen LogP contribution in [0, 0.1) is 28.6 Å². The molecule has 2 unspecified atom stereocenters. The van der Waals surface area contributed by atoms with Crippen LogP contribution in [0.3, 0.4) is 0 Å². The van der Waals surface area contributed by atoms with Crippen molar-refractivity contribution in [2.24, 2.45) is 17.3 Å². The molecule has 0 aliphatic carbocycles. The summed E-state index contributed by atoms with van der Waals surface area (Å²) in [4.78, 5) is 25.0. The fourth-order valence-corrected chi connectivity index (χ4v) is 2.85. The van der Waals surface area contributed by atoms with Crippen molar-refractivity contribution in [1.29, 1.82) is 5.26 Å². The van der Waals surface area contributed by atoms with Gasteiger partial charge in [-0.15, -0.1) is 0 Å². The predicted octanol–water partition coefficient (Wildman–Crippen LogP) is 3.87. The second-order valence-electron chi connectivity index (χ2n) is 6.20. The summed E-state index contributed by atoms with van der Waals surface area (Å²) in [7, 11) is 0. The van der Waals surface area contributed by atoms with Gasteiger partial charge in [-0.2, -0.15) is 5.26 Å². The van der Waals surface area contributed by atoms with Gasteiger partial charge in [0.1, 0.15) is 0 Å². The standard InChI is InChI=1S/C18H31NO4/c1-6-9-10-11-15(16(20)22-7-2)18(13-19,12-14(4)5)17(21)23-8-3/h14-15H,6-12H2,1-5H3. The minimum atomic E-state index is -1.47. The van der Waals surface area contributed by atoms with Gasteiger partial charge in [-0.25, -0.2) is 0 Å². The minimum absolute atomic E-state index is 0.0853. The topological polar surface area (TPSA) is 76.4 Å². The van der Waals surface area contributed by atoms with Gasteiger partial charge in [0.15, 0.2) is 5.41 Å². The molecular formula is C18H31NO4. The van der Waals surface area contributed by atoms with Crippen LogP contribution in [0.15, 0.2) is 0 Å². The van der Waals surface area contributed by atoms with Gasteiger partial charge in [-0.1, -0.05) is 40.0 Å². The van der Waals surface area contributed by atoms with E-state index in [1.165, 1.54) is 0 Å². The van der Waals surface area contributed by atoms with E-state index < -0.39 is 23.3 Å². The number of hydrogen-bond acceptors (Lipinski definition) is 5. The molecule has 2 atom stereocenters. The zero-order valence-corrected chi connectivity index (χ0v) is 15.2. The first-order chi connectivity index (χ1) is 10.9. The van der Waals surface area contributed by atoms with E-state index in [0.717, 1.165) is 19.3 Å². The van der Waals surface area contributed by atoms with E-state index in [1.54, 1.807) is 13.8 Å². The van der Waals surface area contributed by atoms with Gasteiger partial charge in [0, 0.05) is 0 Å². The lowest BCUT2D eigenvalue weighted by Crippen LogP contribution is -2.44. The fraction of sp³-hybridized carbons (Fsp3) is 0.833. The zero-order valence-electron chi connectivity index (χ0n) is 15.2. The maximum Gasteiger partial charge on any atom is 0.327 e. The van der Waals surface area contributed by atoms with Crippen molar-refractivity contribution in [3.05, 3.63) is 0 Å². The molecule has 0 radical (unpaired) electrons. The van der Waals surface area contributed by atoms with E-state index in [4.69, 9.17) is 9.47 Å². The molecule has 5 heteroatoms. The number of nitriles is 1. The minimum Gasteiger partial charge on any atom is -0.466 e. The normalized spacial score (nSPS) is 14.7. The van der Waals surface area contributed by atoms with Crippen LogP contribution < -0.4 is 0 Å². The summed E-state index contributed by atoms with van der Waals surface area (Å²) in [6.07, 6.45) is 3.48. The maximum atomic E-state index is 12.6. The van der Waals surface area contributed by atoms with Crippen LogP contribution >= 0.6 is 0 Å². The number of esters is 2. The molecule has 0 N–H and O–H groups in total. The van der Waals surface area contributed by atoms with Crippen LogP contribution in [0.4, 0.5) is 0 Å². The largest absolute Gasteiger partial charge is 0.466 e. The highest BCUT2D eigenvalue weighted by molar-refractivity contribution is 5.88. The monoisotopic (exact) mass is 325 g/mol. The lowest BCUT2D eigenvalue weighted by atomic mass is 9.69. The predicted molar refractivity (Wildman–Crippen MR) is 88.4 cm³/mol. The lowest BCUT2D eigenvalue weighted by Gasteiger charge is -2.32. The molecule has 0 aliphatic rings. The van der Waals surface area contributed by atoms with Gasteiger partial charge in [0.25, 0.3) is 0 Å². The summed E-state index contributed by atoms with van der Waals surface area (Å²) < 4.78 is 10.3. The lowest BCUT2D eigenvalue weighted by molar-refractivity contribution is -0.166. The van der Waals surface area contributed by atoms with E-state index in [1.807, 2.05) is 13.8 Å². The molecule has 0 amide bonds. The Morgan fingerprint density at radius 1 is 1.09 bits per heavy atom. The van der Waals surface area contributed by atoms with Crippen LogP contribution in [-0.4, -0.2) is 25.2 Å². The Hall–Kier alpha value is -1.57. The van der Waals surface area contributed by atoms with Crippen molar-refractivity contribution < 1.29 is 19.1 Å². The highest BCUT2D eigenvalue weighted by Crippen LogP contribution is 2.39. The van der Waals surface area contributed by atoms with Crippen molar-refractivity contribution in [3.8, 4) is 6.07 Å². The Morgan fingerprint density at radius 3 is 2.13 bits per heavy atom. The fourth-order valence-electron chi connectivity index (χ4n) is 2.85. The van der Waals surface area contributed by atoms with Gasteiger partial charge < -0.3 is 9.47 Å². The van der Waals surface area contributed by atoms with Crippen molar-refractivity contribution >= 4 is 11.9 Å². The Bertz CT molecular complexity index is 414. The molecule has 5 nitrogen and oxygen atoms in total. The third-order valence-corrected chi connectivity index (χ3v) is 3.83. The number of carbonyl (C=O) groups is 2. The summed E-state index contributed by atoms with van der Waals surface area (Å²) in [5.74, 6) is -1.77. The molecule has 0 fully saturated rings. The molecule has 132 valence electrons. The van der Waals surface area contributed by atoms with E-state index in [2.05, 4.69) is 13.0 Å². The van der Waals surface area contributed by atoms with Crippen LogP contribution in [0.2, 0.25) is 0 Å². The van der Waals surface area contributed by atoms with Gasteiger partial charge >= 0.3 is 11.9 Å². The van der Waals surface area contributed by atoms with E-state index in [9.17, 15) is 14.9 Å². The molecule has 0 aromatic carbocycles. The highest BCUT2D eigenvalue weighted by Gasteiger charge is 2.51. The molecular weight excluding hydrogens is 294 g/mol. The van der Waals surface area contributed by atoms with Crippen molar-refractivity contribution in [2.75, 3.05) is 13.2 Å². The SMILES string of the molecule is CCCCCC(C(=O)OCC)C(C#N)(CC(C)C)C(=O)OCC. The smallest absolute Gasteiger partial charge is 0.327 e. The summed E-state index contributed by atoms with van der Waals surface area (Å²) >= 11 is 0. The second kappa shape index (κ2) is 11.0. The molecule has 0 heterocycles. The molecule has 0 rings (SSSR count). The first kappa shape index (κ1) is 21.4. The Balaban J connectivity index is 5.70. The molecule has 0 aliphatic heterocycles. The maximum absolute atomic E-state index is 12.6. The van der Waals surface area contributed by atoms with Gasteiger partial charge in [0.05, 0.1) is 25.2 Å². The number of carbonyl (C=O) groups excluding carboxylic acids is 2. The Labute approximate surface area is 140 Å². The van der Waals surface area contributed by atoms with E-state index >= 15 is 0 Å². The highest BCUT2D eigenvalue weighted by atomic mass is 16.5. The summed E-state index contributed by atoms with van der Waals surface area (Å²) in [6, 6.07) is 2.12.